The minimum Gasteiger partial charge on any atom is -0.504 e. The summed E-state index contributed by atoms with van der Waals surface area (Å²) in [6.07, 6.45) is 0. The maximum atomic E-state index is 15.3. The van der Waals surface area contributed by atoms with Crippen LogP contribution in [0.5, 0.6) is 29.0 Å². The molecule has 12 nitrogen and oxygen atoms in total. The molecule has 0 unspecified atom stereocenters. The highest BCUT2D eigenvalue weighted by Gasteiger charge is 2.27. The van der Waals surface area contributed by atoms with Crippen molar-refractivity contribution in [1.82, 2.24) is 4.98 Å². The highest BCUT2D eigenvalue weighted by Crippen LogP contribution is 2.39. The molecule has 3 aromatic rings. The van der Waals surface area contributed by atoms with Crippen molar-refractivity contribution in [3.63, 3.8) is 0 Å². The van der Waals surface area contributed by atoms with E-state index in [-0.39, 0.29) is 28.9 Å². The zero-order valence-corrected chi connectivity index (χ0v) is 18.7. The molecule has 0 bridgehead atoms. The van der Waals surface area contributed by atoms with Gasteiger partial charge < -0.3 is 41.4 Å². The van der Waals surface area contributed by atoms with Gasteiger partial charge in [-0.2, -0.15) is 13.8 Å². The zero-order chi connectivity index (χ0) is 26.6. The standard InChI is InChI=1S/C22H21F2N7O5/c1-31(9-15(33)34)18-16(23)20(35-12-4-2-3-11(8-12)29-22(27)28)30-21(17(18)24)36-14-7-10(19(25)26)5-6-13(14)32/h2-8,32H,9H2,1H3,(H3,25,26)(H,33,34)(H4,27,28,29). The normalized spacial score (nSPS) is 10.4. The summed E-state index contributed by atoms with van der Waals surface area (Å²) in [4.78, 5) is 15.7. The van der Waals surface area contributed by atoms with Crippen LogP contribution in [-0.2, 0) is 4.79 Å². The summed E-state index contributed by atoms with van der Waals surface area (Å²) in [5.41, 5.74) is 10.4. The molecule has 1 aromatic heterocycles. The quantitative estimate of drug-likeness (QED) is 0.169. The van der Waals surface area contributed by atoms with Gasteiger partial charge in [-0.15, -0.1) is 0 Å². The number of halogens is 2. The number of nitrogens with one attached hydrogen (secondary N) is 3. The average molecular weight is 501 g/mol. The Morgan fingerprint density at radius 3 is 2.39 bits per heavy atom. The van der Waals surface area contributed by atoms with Crippen LogP contribution in [0.4, 0.5) is 20.2 Å². The van der Waals surface area contributed by atoms with Gasteiger partial charge in [-0.05, 0) is 30.3 Å². The average Bonchev–Trinajstić information content (AvgIpc) is 2.77. The maximum Gasteiger partial charge on any atom is 0.323 e. The van der Waals surface area contributed by atoms with Gasteiger partial charge in [0, 0.05) is 24.4 Å². The smallest absolute Gasteiger partial charge is 0.323 e. The highest BCUT2D eigenvalue weighted by molar-refractivity contribution is 5.95. The van der Waals surface area contributed by atoms with Crippen molar-refractivity contribution in [3.8, 4) is 29.0 Å². The number of rotatable bonds is 9. The number of carboxylic acids is 1. The summed E-state index contributed by atoms with van der Waals surface area (Å²) >= 11 is 0. The lowest BCUT2D eigenvalue weighted by Crippen LogP contribution is -2.27. The van der Waals surface area contributed by atoms with E-state index < -0.39 is 47.3 Å². The fourth-order valence-electron chi connectivity index (χ4n) is 3.01. The van der Waals surface area contributed by atoms with Crippen LogP contribution in [0.1, 0.15) is 5.56 Å². The molecule has 188 valence electrons. The fraction of sp³-hybridized carbons (Fsp3) is 0.0909. The number of carbonyl (C=O) groups is 1. The van der Waals surface area contributed by atoms with E-state index in [1.165, 1.54) is 24.3 Å². The lowest BCUT2D eigenvalue weighted by atomic mass is 10.2. The van der Waals surface area contributed by atoms with Gasteiger partial charge in [0.15, 0.2) is 17.5 Å². The van der Waals surface area contributed by atoms with Crippen molar-refractivity contribution in [3.05, 3.63) is 59.7 Å². The first-order valence-electron chi connectivity index (χ1n) is 10.0. The number of phenols is 1. The molecule has 36 heavy (non-hydrogen) atoms. The Hall–Kier alpha value is -5.14. The number of anilines is 2. The number of phenolic OH excluding ortho intramolecular Hbond substituents is 1. The van der Waals surface area contributed by atoms with Crippen molar-refractivity contribution >= 4 is 29.1 Å². The fourth-order valence-corrected chi connectivity index (χ4v) is 3.01. The molecule has 0 aliphatic heterocycles. The van der Waals surface area contributed by atoms with Crippen molar-refractivity contribution in [2.24, 2.45) is 11.5 Å². The Bertz CT molecular complexity index is 1350. The van der Waals surface area contributed by atoms with Gasteiger partial charge in [0.05, 0.1) is 0 Å². The maximum absolute atomic E-state index is 15.3. The van der Waals surface area contributed by atoms with Crippen LogP contribution in [-0.4, -0.2) is 46.6 Å². The van der Waals surface area contributed by atoms with Crippen molar-refractivity contribution < 1.29 is 33.3 Å². The molecular weight excluding hydrogens is 480 g/mol. The Labute approximate surface area is 202 Å². The molecule has 3 rings (SSSR count). The molecule has 0 saturated carbocycles. The predicted octanol–water partition coefficient (Wildman–Crippen LogP) is 2.76. The second-order valence-electron chi connectivity index (χ2n) is 7.32. The van der Waals surface area contributed by atoms with Crippen LogP contribution in [0.25, 0.3) is 0 Å². The summed E-state index contributed by atoms with van der Waals surface area (Å²) in [5.74, 6) is -7.22. The Balaban J connectivity index is 2.11. The molecule has 0 amide bonds. The molecule has 1 heterocycles. The molecule has 0 fully saturated rings. The van der Waals surface area contributed by atoms with Gasteiger partial charge in [0.2, 0.25) is 11.6 Å². The second kappa shape index (κ2) is 10.4. The van der Waals surface area contributed by atoms with E-state index in [1.54, 1.807) is 6.07 Å². The first kappa shape index (κ1) is 25.5. The number of aromatic hydroxyl groups is 1. The van der Waals surface area contributed by atoms with E-state index in [1.807, 2.05) is 0 Å². The number of hydrogen-bond donors (Lipinski definition) is 7. The van der Waals surface area contributed by atoms with Gasteiger partial charge in [-0.25, -0.2) is 0 Å². The van der Waals surface area contributed by atoms with E-state index in [0.717, 1.165) is 24.1 Å². The molecule has 9 N–H and O–H groups in total. The number of likely N-dealkylation sites (N-methyl/N-ethyl adjacent to an activating group) is 1. The number of guanidine groups is 1. The van der Waals surface area contributed by atoms with Crippen LogP contribution in [0.15, 0.2) is 42.5 Å². The largest absolute Gasteiger partial charge is 0.504 e. The predicted molar refractivity (Wildman–Crippen MR) is 126 cm³/mol. The lowest BCUT2D eigenvalue weighted by molar-refractivity contribution is -0.135. The van der Waals surface area contributed by atoms with Gasteiger partial charge in [0.25, 0.3) is 11.8 Å². The number of aromatic nitrogens is 1. The number of nitrogen functional groups attached to an aromatic ring is 1. The molecule has 14 heteroatoms. The number of hydrogen-bond acceptors (Lipinski definition) is 8. The second-order valence-corrected chi connectivity index (χ2v) is 7.32. The Morgan fingerprint density at radius 1 is 1.11 bits per heavy atom. The third-order valence-corrected chi connectivity index (χ3v) is 4.55. The topological polar surface area (TPSA) is 204 Å². The summed E-state index contributed by atoms with van der Waals surface area (Å²) in [6.45, 7) is -0.778. The van der Waals surface area contributed by atoms with E-state index in [9.17, 15) is 9.90 Å². The molecular formula is C22H21F2N7O5. The van der Waals surface area contributed by atoms with E-state index >= 15 is 8.78 Å². The molecule has 0 spiro atoms. The van der Waals surface area contributed by atoms with Crippen LogP contribution in [0.3, 0.4) is 0 Å². The Kier molecular flexibility index (Phi) is 7.37. The minimum atomic E-state index is -1.37. The van der Waals surface area contributed by atoms with Crippen molar-refractivity contribution in [2.75, 3.05) is 23.8 Å². The number of aliphatic carboxylic acids is 1. The molecule has 0 atom stereocenters. The minimum absolute atomic E-state index is 0.0125. The third-order valence-electron chi connectivity index (χ3n) is 4.55. The zero-order valence-electron chi connectivity index (χ0n) is 18.7. The molecule has 0 aliphatic carbocycles. The van der Waals surface area contributed by atoms with Gasteiger partial charge in [0.1, 0.15) is 23.8 Å². The Morgan fingerprint density at radius 2 is 1.78 bits per heavy atom. The number of benzene rings is 2. The van der Waals surface area contributed by atoms with Gasteiger partial charge >= 0.3 is 5.97 Å². The van der Waals surface area contributed by atoms with Gasteiger partial charge in [-0.1, -0.05) is 6.07 Å². The highest BCUT2D eigenvalue weighted by atomic mass is 19.1. The number of amidine groups is 1. The molecule has 0 radical (unpaired) electrons. The number of pyridine rings is 1. The first-order valence-corrected chi connectivity index (χ1v) is 10.0. The van der Waals surface area contributed by atoms with Gasteiger partial charge in [-0.3, -0.25) is 15.6 Å². The van der Waals surface area contributed by atoms with Crippen LogP contribution in [0, 0.1) is 22.5 Å². The van der Waals surface area contributed by atoms with Crippen LogP contribution in [0.2, 0.25) is 0 Å². The van der Waals surface area contributed by atoms with Crippen LogP contribution >= 0.6 is 0 Å². The SMILES string of the molecule is CN(CC(=O)O)c1c(F)c(Oc2cccc(NC(=N)N)c2)nc(Oc2cc(C(=N)N)ccc2O)c1F. The van der Waals surface area contributed by atoms with Crippen molar-refractivity contribution in [1.29, 1.82) is 10.8 Å². The number of nitrogens with two attached hydrogens (primary N) is 2. The van der Waals surface area contributed by atoms with Crippen LogP contribution < -0.4 is 31.2 Å². The monoisotopic (exact) mass is 501 g/mol. The van der Waals surface area contributed by atoms with E-state index in [2.05, 4.69) is 10.3 Å². The number of ether oxygens (including phenoxy) is 2. The summed E-state index contributed by atoms with van der Waals surface area (Å²) in [7, 11) is 1.13. The van der Waals surface area contributed by atoms with E-state index in [4.69, 9.17) is 36.9 Å². The molecule has 0 saturated heterocycles. The molecule has 0 aliphatic rings. The summed E-state index contributed by atoms with van der Waals surface area (Å²) in [6, 6.07) is 9.43. The van der Waals surface area contributed by atoms with E-state index in [0.29, 0.717) is 5.69 Å². The molecule has 2 aromatic carbocycles. The summed E-state index contributed by atoms with van der Waals surface area (Å²) in [5, 5.41) is 36.6. The number of carboxylic acid groups (broad SMARTS) is 1. The first-order chi connectivity index (χ1) is 17.0. The number of nitrogens with zero attached hydrogens (tertiary/aromatic N) is 2. The summed E-state index contributed by atoms with van der Waals surface area (Å²) < 4.78 is 41.5. The van der Waals surface area contributed by atoms with Crippen molar-refractivity contribution in [2.45, 2.75) is 0 Å². The lowest BCUT2D eigenvalue weighted by Gasteiger charge is -2.21. The third kappa shape index (κ3) is 5.85.